The van der Waals surface area contributed by atoms with Crippen LogP contribution in [0.2, 0.25) is 0 Å². The van der Waals surface area contributed by atoms with E-state index in [-0.39, 0.29) is 23.6 Å². The normalized spacial score (nSPS) is 10.8. The number of ether oxygens (including phenoxy) is 1. The Kier molecular flexibility index (Phi) is 9.46. The van der Waals surface area contributed by atoms with Gasteiger partial charge in [0.25, 0.3) is 0 Å². The number of likely N-dealkylation sites (N-methyl/N-ethyl adjacent to an activating group) is 1. The first-order valence-electron chi connectivity index (χ1n) is 6.68. The van der Waals surface area contributed by atoms with Crippen molar-refractivity contribution in [3.63, 3.8) is 0 Å². The highest BCUT2D eigenvalue weighted by atomic mass is 79.9. The van der Waals surface area contributed by atoms with Crippen molar-refractivity contribution in [2.75, 3.05) is 40.4 Å². The van der Waals surface area contributed by atoms with E-state index >= 15 is 0 Å². The van der Waals surface area contributed by atoms with E-state index in [9.17, 15) is 4.79 Å². The van der Waals surface area contributed by atoms with Gasteiger partial charge < -0.3 is 31.3 Å². The SMILES string of the molecule is C[N+](C)(CCO)CCCCOc1ccc(C=O)cc1.[Br-]. The molecule has 1 aromatic rings. The molecule has 0 unspecified atom stereocenters. The summed E-state index contributed by atoms with van der Waals surface area (Å²) >= 11 is 0. The quantitative estimate of drug-likeness (QED) is 0.345. The molecule has 0 atom stereocenters. The number of carbonyl (C=O) groups is 1. The molecule has 0 radical (unpaired) electrons. The van der Waals surface area contributed by atoms with Crippen LogP contribution >= 0.6 is 0 Å². The molecule has 5 heteroatoms. The number of nitrogens with zero attached hydrogens (tertiary/aromatic N) is 1. The van der Waals surface area contributed by atoms with Gasteiger partial charge >= 0.3 is 0 Å². The Morgan fingerprint density at radius 1 is 1.15 bits per heavy atom. The molecule has 0 aliphatic rings. The lowest BCUT2D eigenvalue weighted by Crippen LogP contribution is -3.00. The van der Waals surface area contributed by atoms with E-state index in [4.69, 9.17) is 9.84 Å². The van der Waals surface area contributed by atoms with E-state index < -0.39 is 0 Å². The number of halogens is 1. The Balaban J connectivity index is 0.00000361. The molecule has 4 nitrogen and oxygen atoms in total. The Bertz CT molecular complexity index is 379. The lowest BCUT2D eigenvalue weighted by atomic mass is 10.2. The molecule has 0 aliphatic carbocycles. The molecule has 1 rings (SSSR count). The maximum Gasteiger partial charge on any atom is 0.150 e. The Morgan fingerprint density at radius 3 is 2.35 bits per heavy atom. The highest BCUT2D eigenvalue weighted by Gasteiger charge is 2.12. The van der Waals surface area contributed by atoms with Gasteiger partial charge in [0.05, 0.1) is 33.9 Å². The zero-order chi connectivity index (χ0) is 14.1. The fourth-order valence-corrected chi connectivity index (χ4v) is 1.86. The number of benzene rings is 1. The minimum Gasteiger partial charge on any atom is -1.00 e. The van der Waals surface area contributed by atoms with Crippen LogP contribution in [0.15, 0.2) is 24.3 Å². The molecule has 20 heavy (non-hydrogen) atoms. The minimum atomic E-state index is 0. The molecule has 0 bridgehead atoms. The summed E-state index contributed by atoms with van der Waals surface area (Å²) < 4.78 is 6.45. The maximum absolute atomic E-state index is 10.5. The summed E-state index contributed by atoms with van der Waals surface area (Å²) in [4.78, 5) is 10.5. The van der Waals surface area contributed by atoms with Gasteiger partial charge in [0.1, 0.15) is 18.6 Å². The molecule has 1 aromatic carbocycles. The molecular weight excluding hydrogens is 322 g/mol. The third-order valence-electron chi connectivity index (χ3n) is 3.15. The fraction of sp³-hybridized carbons (Fsp3) is 0.533. The van der Waals surface area contributed by atoms with Gasteiger partial charge in [0, 0.05) is 5.56 Å². The molecule has 0 saturated heterocycles. The van der Waals surface area contributed by atoms with Gasteiger partial charge in [-0.25, -0.2) is 0 Å². The number of aliphatic hydroxyl groups excluding tert-OH is 1. The second kappa shape index (κ2) is 9.91. The highest BCUT2D eigenvalue weighted by molar-refractivity contribution is 5.74. The standard InChI is InChI=1S/C15H24NO3.BrH/c1-16(2,10-11-17)9-3-4-12-19-15-7-5-14(13-18)6-8-15;/h5-8,13,17H,3-4,9-12H2,1-2H3;1H/q+1;/p-1. The van der Waals surface area contributed by atoms with Crippen molar-refractivity contribution >= 4 is 6.29 Å². The number of aldehydes is 1. The molecule has 0 spiro atoms. The lowest BCUT2D eigenvalue weighted by molar-refractivity contribution is -0.890. The molecule has 0 amide bonds. The second-order valence-corrected chi connectivity index (χ2v) is 5.35. The molecular formula is C15H24BrNO3. The van der Waals surface area contributed by atoms with Crippen LogP contribution in [0.1, 0.15) is 23.2 Å². The summed E-state index contributed by atoms with van der Waals surface area (Å²) in [6.45, 7) is 2.73. The van der Waals surface area contributed by atoms with Gasteiger partial charge in [-0.2, -0.15) is 0 Å². The maximum atomic E-state index is 10.5. The highest BCUT2D eigenvalue weighted by Crippen LogP contribution is 2.11. The van der Waals surface area contributed by atoms with Crippen LogP contribution in [-0.4, -0.2) is 56.3 Å². The predicted octanol–water partition coefficient (Wildman–Crippen LogP) is -1.27. The lowest BCUT2D eigenvalue weighted by Gasteiger charge is -2.28. The molecule has 114 valence electrons. The zero-order valence-corrected chi connectivity index (χ0v) is 13.8. The Morgan fingerprint density at radius 2 is 1.80 bits per heavy atom. The van der Waals surface area contributed by atoms with Gasteiger partial charge in [-0.3, -0.25) is 4.79 Å². The molecule has 0 fully saturated rings. The van der Waals surface area contributed by atoms with E-state index in [0.717, 1.165) is 42.4 Å². The van der Waals surface area contributed by atoms with Crippen LogP contribution in [0.25, 0.3) is 0 Å². The van der Waals surface area contributed by atoms with Crippen LogP contribution < -0.4 is 21.7 Å². The average Bonchev–Trinajstić information content (AvgIpc) is 2.39. The smallest absolute Gasteiger partial charge is 0.150 e. The van der Waals surface area contributed by atoms with Gasteiger partial charge in [-0.1, -0.05) is 0 Å². The van der Waals surface area contributed by atoms with E-state index in [2.05, 4.69) is 14.1 Å². The van der Waals surface area contributed by atoms with Gasteiger partial charge in [-0.05, 0) is 37.1 Å². The molecule has 0 aliphatic heterocycles. The van der Waals surface area contributed by atoms with E-state index in [1.165, 1.54) is 0 Å². The van der Waals surface area contributed by atoms with Gasteiger partial charge in [-0.15, -0.1) is 0 Å². The number of quaternary nitrogens is 1. The summed E-state index contributed by atoms with van der Waals surface area (Å²) in [7, 11) is 4.24. The van der Waals surface area contributed by atoms with Crippen molar-refractivity contribution in [1.29, 1.82) is 0 Å². The average molecular weight is 346 g/mol. The van der Waals surface area contributed by atoms with Crippen molar-refractivity contribution in [3.05, 3.63) is 29.8 Å². The molecule has 0 saturated carbocycles. The Hall–Kier alpha value is -0.910. The number of hydrogen-bond acceptors (Lipinski definition) is 3. The molecule has 0 aromatic heterocycles. The van der Waals surface area contributed by atoms with Crippen molar-refractivity contribution < 1.29 is 36.1 Å². The number of carbonyl (C=O) groups excluding carboxylic acids is 1. The van der Waals surface area contributed by atoms with E-state index in [1.54, 1.807) is 12.1 Å². The largest absolute Gasteiger partial charge is 1.00 e. The van der Waals surface area contributed by atoms with Crippen molar-refractivity contribution in [1.82, 2.24) is 0 Å². The van der Waals surface area contributed by atoms with Crippen LogP contribution in [0.5, 0.6) is 5.75 Å². The minimum absolute atomic E-state index is 0. The first-order valence-corrected chi connectivity index (χ1v) is 6.68. The number of unbranched alkanes of at least 4 members (excludes halogenated alkanes) is 1. The van der Waals surface area contributed by atoms with Gasteiger partial charge in [0.15, 0.2) is 0 Å². The summed E-state index contributed by atoms with van der Waals surface area (Å²) in [5.41, 5.74) is 0.662. The third kappa shape index (κ3) is 7.62. The predicted molar refractivity (Wildman–Crippen MR) is 75.5 cm³/mol. The first kappa shape index (κ1) is 19.1. The molecule has 1 N–H and O–H groups in total. The summed E-state index contributed by atoms with van der Waals surface area (Å²) in [5.74, 6) is 0.801. The number of aliphatic hydroxyl groups is 1. The Labute approximate surface area is 131 Å². The topological polar surface area (TPSA) is 46.5 Å². The van der Waals surface area contributed by atoms with Gasteiger partial charge in [0.2, 0.25) is 0 Å². The van der Waals surface area contributed by atoms with Crippen molar-refractivity contribution in [3.8, 4) is 5.75 Å². The molecule has 0 heterocycles. The second-order valence-electron chi connectivity index (χ2n) is 5.35. The number of rotatable bonds is 9. The van der Waals surface area contributed by atoms with Crippen molar-refractivity contribution in [2.24, 2.45) is 0 Å². The van der Waals surface area contributed by atoms with Crippen LogP contribution in [0.4, 0.5) is 0 Å². The summed E-state index contributed by atoms with van der Waals surface area (Å²) in [6.07, 6.45) is 2.88. The number of hydrogen-bond donors (Lipinski definition) is 1. The van der Waals surface area contributed by atoms with Crippen LogP contribution in [0, 0.1) is 0 Å². The van der Waals surface area contributed by atoms with Crippen molar-refractivity contribution in [2.45, 2.75) is 12.8 Å². The van der Waals surface area contributed by atoms with Crippen LogP contribution in [0.3, 0.4) is 0 Å². The van der Waals surface area contributed by atoms with E-state index in [0.29, 0.717) is 12.2 Å². The zero-order valence-electron chi connectivity index (χ0n) is 12.2. The fourth-order valence-electron chi connectivity index (χ4n) is 1.86. The first-order chi connectivity index (χ1) is 9.07. The van der Waals surface area contributed by atoms with Crippen LogP contribution in [-0.2, 0) is 0 Å². The summed E-state index contributed by atoms with van der Waals surface area (Å²) in [5, 5.41) is 8.93. The third-order valence-corrected chi connectivity index (χ3v) is 3.15. The monoisotopic (exact) mass is 345 g/mol. The summed E-state index contributed by atoms with van der Waals surface area (Å²) in [6, 6.07) is 7.14. The van der Waals surface area contributed by atoms with E-state index in [1.807, 2.05) is 12.1 Å².